The highest BCUT2D eigenvalue weighted by Gasteiger charge is 2.15. The number of para-hydroxylation sites is 1. The Morgan fingerprint density at radius 3 is 2.64 bits per heavy atom. The van der Waals surface area contributed by atoms with Crippen molar-refractivity contribution < 1.29 is 0 Å². The first-order chi connectivity index (χ1) is 12.2. The van der Waals surface area contributed by atoms with E-state index in [0.29, 0.717) is 0 Å². The molecule has 5 nitrogen and oxygen atoms in total. The van der Waals surface area contributed by atoms with Crippen molar-refractivity contribution >= 4 is 33.5 Å². The molecule has 126 valence electrons. The summed E-state index contributed by atoms with van der Waals surface area (Å²) in [6.07, 6.45) is 1.83. The van der Waals surface area contributed by atoms with Crippen LogP contribution in [0.1, 0.15) is 11.4 Å². The van der Waals surface area contributed by atoms with Crippen molar-refractivity contribution in [1.29, 1.82) is 0 Å². The van der Waals surface area contributed by atoms with Gasteiger partial charge in [-0.15, -0.1) is 22.7 Å². The minimum Gasteiger partial charge on any atom is -0.299 e. The Morgan fingerprint density at radius 2 is 1.88 bits per heavy atom. The summed E-state index contributed by atoms with van der Waals surface area (Å²) in [7, 11) is 0. The largest absolute Gasteiger partial charge is 0.299 e. The number of benzene rings is 1. The highest BCUT2D eigenvalue weighted by molar-refractivity contribution is 7.14. The molecule has 2 N–H and O–H groups in total. The molecule has 0 saturated heterocycles. The van der Waals surface area contributed by atoms with Crippen LogP contribution in [0, 0.1) is 13.8 Å². The smallest absolute Gasteiger partial charge is 0.202 e. The van der Waals surface area contributed by atoms with Gasteiger partial charge < -0.3 is 0 Å². The van der Waals surface area contributed by atoms with Gasteiger partial charge in [0.2, 0.25) is 5.13 Å². The molecule has 0 bridgehead atoms. The van der Waals surface area contributed by atoms with Gasteiger partial charge in [-0.25, -0.2) is 9.97 Å². The number of aromatic nitrogens is 3. The third-order valence-electron chi connectivity index (χ3n) is 3.91. The molecule has 1 aromatic carbocycles. The highest BCUT2D eigenvalue weighted by atomic mass is 32.1. The van der Waals surface area contributed by atoms with E-state index in [9.17, 15) is 0 Å². The summed E-state index contributed by atoms with van der Waals surface area (Å²) >= 11 is 3.21. The van der Waals surface area contributed by atoms with Gasteiger partial charge in [0.1, 0.15) is 0 Å². The molecule has 0 unspecified atom stereocenters. The van der Waals surface area contributed by atoms with Crippen LogP contribution in [-0.4, -0.2) is 14.5 Å². The number of thiazole rings is 2. The predicted molar refractivity (Wildman–Crippen MR) is 106 cm³/mol. The Labute approximate surface area is 154 Å². The zero-order valence-corrected chi connectivity index (χ0v) is 15.5. The molecule has 0 aliphatic heterocycles. The van der Waals surface area contributed by atoms with Gasteiger partial charge in [-0.05, 0) is 32.0 Å². The Balaban J connectivity index is 1.57. The average Bonchev–Trinajstić information content (AvgIpc) is 3.35. The van der Waals surface area contributed by atoms with Crippen molar-refractivity contribution in [1.82, 2.24) is 14.5 Å². The molecular weight excluding hydrogens is 350 g/mol. The second-order valence-electron chi connectivity index (χ2n) is 5.59. The summed E-state index contributed by atoms with van der Waals surface area (Å²) in [5, 5.41) is 5.88. The van der Waals surface area contributed by atoms with E-state index >= 15 is 0 Å². The van der Waals surface area contributed by atoms with Crippen LogP contribution in [0.3, 0.4) is 0 Å². The zero-order chi connectivity index (χ0) is 17.2. The fraction of sp³-hybridized carbons (Fsp3) is 0.111. The van der Waals surface area contributed by atoms with Crippen LogP contribution in [0.2, 0.25) is 0 Å². The minimum absolute atomic E-state index is 0.831. The van der Waals surface area contributed by atoms with Crippen molar-refractivity contribution in [2.75, 3.05) is 10.9 Å². The Morgan fingerprint density at radius 1 is 1.04 bits per heavy atom. The van der Waals surface area contributed by atoms with E-state index in [2.05, 4.69) is 45.7 Å². The van der Waals surface area contributed by atoms with Crippen molar-refractivity contribution in [3.8, 4) is 16.4 Å². The fourth-order valence-corrected chi connectivity index (χ4v) is 4.16. The third-order valence-corrected chi connectivity index (χ3v) is 5.42. The first-order valence-electron chi connectivity index (χ1n) is 7.84. The van der Waals surface area contributed by atoms with Gasteiger partial charge >= 0.3 is 0 Å². The average molecular weight is 368 g/mol. The summed E-state index contributed by atoms with van der Waals surface area (Å²) in [5.74, 6) is 0. The number of hydrogen-bond acceptors (Lipinski definition) is 6. The molecule has 7 heteroatoms. The maximum absolute atomic E-state index is 4.71. The fourth-order valence-electron chi connectivity index (χ4n) is 2.74. The van der Waals surface area contributed by atoms with Crippen molar-refractivity contribution in [2.24, 2.45) is 0 Å². The first kappa shape index (κ1) is 15.9. The van der Waals surface area contributed by atoms with Crippen LogP contribution in [-0.2, 0) is 0 Å². The lowest BCUT2D eigenvalue weighted by Crippen LogP contribution is -2.07. The lowest BCUT2D eigenvalue weighted by atomic mass is 10.2. The van der Waals surface area contributed by atoms with Crippen LogP contribution in [0.15, 0.2) is 53.4 Å². The first-order valence-corrected chi connectivity index (χ1v) is 9.60. The number of hydrazine groups is 1. The quantitative estimate of drug-likeness (QED) is 0.481. The number of aryl methyl sites for hydroxylation is 1. The summed E-state index contributed by atoms with van der Waals surface area (Å²) in [6, 6.07) is 12.1. The Bertz CT molecular complexity index is 971. The second-order valence-corrected chi connectivity index (χ2v) is 7.32. The molecule has 4 aromatic rings. The number of anilines is 2. The molecule has 4 rings (SSSR count). The molecule has 0 amide bonds. The zero-order valence-electron chi connectivity index (χ0n) is 13.9. The van der Waals surface area contributed by atoms with E-state index in [1.807, 2.05) is 41.9 Å². The Hall–Kier alpha value is -2.64. The van der Waals surface area contributed by atoms with Crippen LogP contribution in [0.5, 0.6) is 0 Å². The van der Waals surface area contributed by atoms with E-state index in [1.54, 1.807) is 22.7 Å². The van der Waals surface area contributed by atoms with Crippen LogP contribution >= 0.6 is 22.7 Å². The summed E-state index contributed by atoms with van der Waals surface area (Å²) in [4.78, 5) is 9.13. The molecule has 0 aliphatic carbocycles. The topological polar surface area (TPSA) is 54.8 Å². The van der Waals surface area contributed by atoms with E-state index in [0.717, 1.165) is 38.6 Å². The van der Waals surface area contributed by atoms with E-state index in [-0.39, 0.29) is 0 Å². The molecule has 0 radical (unpaired) electrons. The molecule has 3 aromatic heterocycles. The molecule has 0 atom stereocenters. The van der Waals surface area contributed by atoms with Crippen molar-refractivity contribution in [3.63, 3.8) is 0 Å². The van der Waals surface area contributed by atoms with Gasteiger partial charge in [-0.2, -0.15) is 0 Å². The molecule has 0 fully saturated rings. The summed E-state index contributed by atoms with van der Waals surface area (Å²) in [6.45, 7) is 4.21. The van der Waals surface area contributed by atoms with Crippen molar-refractivity contribution in [3.05, 3.63) is 64.7 Å². The summed E-state index contributed by atoms with van der Waals surface area (Å²) < 4.78 is 2.18. The predicted octanol–water partition coefficient (Wildman–Crippen LogP) is 5.11. The van der Waals surface area contributed by atoms with Gasteiger partial charge in [-0.1, -0.05) is 18.2 Å². The molecule has 0 spiro atoms. The van der Waals surface area contributed by atoms with Gasteiger partial charge in [0.25, 0.3) is 0 Å². The minimum atomic E-state index is 0.831. The number of nitrogens with zero attached hydrogens (tertiary/aromatic N) is 3. The standard InChI is InChI=1S/C18H17N5S2/c1-12-10-15(13(2)23(12)18-19-8-9-24-18)16-11-25-17(20-16)22-21-14-6-4-3-5-7-14/h3-11,21H,1-2H3,(H,20,22). The Kier molecular flexibility index (Phi) is 4.25. The second kappa shape index (κ2) is 6.70. The third kappa shape index (κ3) is 3.16. The maximum Gasteiger partial charge on any atom is 0.202 e. The van der Waals surface area contributed by atoms with E-state index < -0.39 is 0 Å². The van der Waals surface area contributed by atoms with E-state index in [4.69, 9.17) is 4.98 Å². The number of hydrogen-bond donors (Lipinski definition) is 2. The van der Waals surface area contributed by atoms with Gasteiger partial charge in [0.15, 0.2) is 5.13 Å². The SMILES string of the molecule is Cc1cc(-c2csc(NNc3ccccc3)n2)c(C)n1-c1nccs1. The lowest BCUT2D eigenvalue weighted by Gasteiger charge is -2.06. The van der Waals surface area contributed by atoms with Gasteiger partial charge in [0.05, 0.1) is 11.4 Å². The molecule has 3 heterocycles. The monoisotopic (exact) mass is 367 g/mol. The molecule has 0 saturated carbocycles. The normalized spacial score (nSPS) is 10.8. The van der Waals surface area contributed by atoms with Gasteiger partial charge in [-0.3, -0.25) is 15.4 Å². The van der Waals surface area contributed by atoms with Crippen LogP contribution in [0.4, 0.5) is 10.8 Å². The number of nitrogens with one attached hydrogen (secondary N) is 2. The highest BCUT2D eigenvalue weighted by Crippen LogP contribution is 2.32. The van der Waals surface area contributed by atoms with Gasteiger partial charge in [0, 0.05) is 33.9 Å². The number of rotatable bonds is 5. The molecule has 25 heavy (non-hydrogen) atoms. The van der Waals surface area contributed by atoms with Crippen LogP contribution in [0.25, 0.3) is 16.4 Å². The van der Waals surface area contributed by atoms with E-state index in [1.165, 1.54) is 0 Å². The summed E-state index contributed by atoms with van der Waals surface area (Å²) in [5.41, 5.74) is 11.7. The molecular formula is C18H17N5S2. The lowest BCUT2D eigenvalue weighted by molar-refractivity contribution is 0.951. The maximum atomic E-state index is 4.71. The van der Waals surface area contributed by atoms with Crippen LogP contribution < -0.4 is 10.9 Å². The molecule has 0 aliphatic rings. The van der Waals surface area contributed by atoms with Crippen molar-refractivity contribution in [2.45, 2.75) is 13.8 Å².